The zero-order chi connectivity index (χ0) is 15.3. The minimum absolute atomic E-state index is 0.321. The average molecular weight is 387 g/mol. The second kappa shape index (κ2) is 12.6. The summed E-state index contributed by atoms with van der Waals surface area (Å²) in [5, 5.41) is 0. The summed E-state index contributed by atoms with van der Waals surface area (Å²) in [5.74, 6) is 2.51. The van der Waals surface area contributed by atoms with Gasteiger partial charge in [-0.15, -0.1) is 0 Å². The molecule has 0 fully saturated rings. The molecule has 0 heterocycles. The molecule has 0 aromatic carbocycles. The molecule has 0 saturated heterocycles. The van der Waals surface area contributed by atoms with Crippen LogP contribution in [0.2, 0.25) is 13.3 Å². The molecule has 0 saturated carbocycles. The number of esters is 1. The van der Waals surface area contributed by atoms with E-state index in [1.54, 1.807) is 0 Å². The molecule has 0 aromatic rings. The van der Waals surface area contributed by atoms with Crippen LogP contribution in [0.3, 0.4) is 0 Å². The van der Waals surface area contributed by atoms with Gasteiger partial charge in [0.1, 0.15) is 0 Å². The van der Waals surface area contributed by atoms with Crippen LogP contribution in [-0.2, 0) is 9.53 Å². The van der Waals surface area contributed by atoms with Gasteiger partial charge < -0.3 is 0 Å². The van der Waals surface area contributed by atoms with E-state index in [4.69, 9.17) is 4.74 Å². The number of rotatable bonds is 10. The molecule has 3 heteroatoms. The number of carbonyl (C=O) groups excluding carboxylic acids is 1. The Hall–Kier alpha value is -0.171. The molecule has 0 rings (SSSR count). The quantitative estimate of drug-likeness (QED) is 0.302. The van der Waals surface area contributed by atoms with Gasteiger partial charge >= 0.3 is 130 Å². The molecule has 116 valence electrons. The van der Waals surface area contributed by atoms with Gasteiger partial charge in [-0.05, 0) is 0 Å². The Bertz CT molecular complexity index is 293. The van der Waals surface area contributed by atoms with Crippen LogP contribution in [0.4, 0.5) is 0 Å². The van der Waals surface area contributed by atoms with E-state index >= 15 is 0 Å². The van der Waals surface area contributed by atoms with Gasteiger partial charge in [0, 0.05) is 0 Å². The van der Waals surface area contributed by atoms with Crippen molar-refractivity contribution < 1.29 is 9.53 Å². The Morgan fingerprint density at radius 3 is 1.70 bits per heavy atom. The number of carbonyl (C=O) groups is 1. The summed E-state index contributed by atoms with van der Waals surface area (Å²) in [5.41, 5.74) is 0. The summed E-state index contributed by atoms with van der Waals surface area (Å²) >= 11 is -2.45. The molecular weight excluding hydrogens is 355 g/mol. The Morgan fingerprint density at radius 2 is 1.35 bits per heavy atom. The number of hydrogen-bond acceptors (Lipinski definition) is 2. The molecule has 0 radical (unpaired) electrons. The van der Waals surface area contributed by atoms with Crippen molar-refractivity contribution in [3.8, 4) is 9.86 Å². The fraction of sp³-hybridized carbons (Fsp3) is 0.824. The molecule has 0 amide bonds. The van der Waals surface area contributed by atoms with E-state index in [9.17, 15) is 4.79 Å². The third-order valence-corrected chi connectivity index (χ3v) is 16.8. The molecule has 0 unspecified atom stereocenters. The Morgan fingerprint density at radius 1 is 0.900 bits per heavy atom. The van der Waals surface area contributed by atoms with Crippen LogP contribution in [0.5, 0.6) is 0 Å². The van der Waals surface area contributed by atoms with Crippen molar-refractivity contribution in [2.45, 2.75) is 79.5 Å². The van der Waals surface area contributed by atoms with Crippen molar-refractivity contribution in [2.24, 2.45) is 0 Å². The molecule has 0 aromatic heterocycles. The van der Waals surface area contributed by atoms with Crippen LogP contribution in [0.15, 0.2) is 0 Å². The van der Waals surface area contributed by atoms with Crippen molar-refractivity contribution >= 4 is 24.3 Å². The van der Waals surface area contributed by atoms with Gasteiger partial charge in [-0.1, -0.05) is 0 Å². The molecule has 0 bridgehead atoms. The Labute approximate surface area is 129 Å². The van der Waals surface area contributed by atoms with E-state index in [2.05, 4.69) is 30.6 Å². The van der Waals surface area contributed by atoms with Gasteiger partial charge in [-0.2, -0.15) is 0 Å². The number of unbranched alkanes of at least 4 members (excludes halogenated alkanes) is 3. The van der Waals surface area contributed by atoms with Crippen molar-refractivity contribution in [2.75, 3.05) is 6.61 Å². The molecule has 0 atom stereocenters. The average Bonchev–Trinajstić information content (AvgIpc) is 2.46. The predicted octanol–water partition coefficient (Wildman–Crippen LogP) is 4.94. The van der Waals surface area contributed by atoms with E-state index in [0.717, 1.165) is 0 Å². The SMILES string of the molecule is CCC[CH2][Sn]([C]#CC(=O)OCC)([CH2]CCC)[CH2]CCC. The van der Waals surface area contributed by atoms with Gasteiger partial charge in [0.15, 0.2) is 0 Å². The van der Waals surface area contributed by atoms with E-state index in [1.807, 2.05) is 6.92 Å². The van der Waals surface area contributed by atoms with Crippen LogP contribution < -0.4 is 0 Å². The summed E-state index contributed by atoms with van der Waals surface area (Å²) in [6.45, 7) is 9.00. The summed E-state index contributed by atoms with van der Waals surface area (Å²) < 4.78 is 12.4. The fourth-order valence-corrected chi connectivity index (χ4v) is 15.5. The van der Waals surface area contributed by atoms with Crippen molar-refractivity contribution in [3.63, 3.8) is 0 Å². The fourth-order valence-electron chi connectivity index (χ4n) is 2.46. The molecule has 0 aliphatic carbocycles. The zero-order valence-corrected chi connectivity index (χ0v) is 16.7. The molecular formula is C17H32O2Sn. The number of hydrogen-bond donors (Lipinski definition) is 0. The van der Waals surface area contributed by atoms with E-state index < -0.39 is 18.4 Å². The first kappa shape index (κ1) is 19.8. The predicted molar refractivity (Wildman–Crippen MR) is 89.3 cm³/mol. The van der Waals surface area contributed by atoms with Crippen LogP contribution in [-0.4, -0.2) is 31.0 Å². The molecule has 2 nitrogen and oxygen atoms in total. The first-order valence-corrected chi connectivity index (χ1v) is 15.8. The van der Waals surface area contributed by atoms with Crippen molar-refractivity contribution in [1.82, 2.24) is 0 Å². The van der Waals surface area contributed by atoms with Gasteiger partial charge in [-0.3, -0.25) is 0 Å². The first-order valence-electron chi connectivity index (χ1n) is 8.34. The molecule has 0 spiro atoms. The summed E-state index contributed by atoms with van der Waals surface area (Å²) in [4.78, 5) is 11.5. The maximum atomic E-state index is 11.5. The monoisotopic (exact) mass is 388 g/mol. The van der Waals surface area contributed by atoms with Gasteiger partial charge in [-0.25, -0.2) is 0 Å². The Kier molecular flexibility index (Phi) is 12.5. The van der Waals surface area contributed by atoms with E-state index in [0.29, 0.717) is 6.61 Å². The second-order valence-electron chi connectivity index (χ2n) is 5.56. The standard InChI is InChI=1S/C5H5O2.3C4H9.Sn/c1-3-5(6)7-4-2;3*1-3-4-2;/h4H2,2H3;3*1,3-4H2,2H3;. The topological polar surface area (TPSA) is 26.3 Å². The normalized spacial score (nSPS) is 10.8. The van der Waals surface area contributed by atoms with Crippen molar-refractivity contribution in [1.29, 1.82) is 0 Å². The summed E-state index contributed by atoms with van der Waals surface area (Å²) in [6.07, 6.45) is 7.54. The zero-order valence-electron chi connectivity index (χ0n) is 13.9. The molecule has 0 aliphatic rings. The molecule has 20 heavy (non-hydrogen) atoms. The third kappa shape index (κ3) is 8.89. The summed E-state index contributed by atoms with van der Waals surface area (Å²) in [6, 6.07) is 0. The summed E-state index contributed by atoms with van der Waals surface area (Å²) in [7, 11) is 0. The van der Waals surface area contributed by atoms with E-state index in [-0.39, 0.29) is 5.97 Å². The van der Waals surface area contributed by atoms with Crippen LogP contribution in [0, 0.1) is 9.86 Å². The maximum absolute atomic E-state index is 11.5. The van der Waals surface area contributed by atoms with Crippen LogP contribution >= 0.6 is 0 Å². The minimum atomic E-state index is -2.45. The number of ether oxygens (including phenoxy) is 1. The Balaban J connectivity index is 4.96. The van der Waals surface area contributed by atoms with Crippen LogP contribution in [0.1, 0.15) is 66.2 Å². The first-order chi connectivity index (χ1) is 9.64. The van der Waals surface area contributed by atoms with Gasteiger partial charge in [0.2, 0.25) is 0 Å². The van der Waals surface area contributed by atoms with Gasteiger partial charge in [0.25, 0.3) is 0 Å². The second-order valence-corrected chi connectivity index (χ2v) is 17.9. The molecule has 0 N–H and O–H groups in total. The van der Waals surface area contributed by atoms with Crippen LogP contribution in [0.25, 0.3) is 0 Å². The van der Waals surface area contributed by atoms with Crippen molar-refractivity contribution in [3.05, 3.63) is 0 Å². The third-order valence-electron chi connectivity index (χ3n) is 3.73. The van der Waals surface area contributed by atoms with E-state index in [1.165, 1.54) is 51.8 Å². The van der Waals surface area contributed by atoms with Gasteiger partial charge in [0.05, 0.1) is 0 Å². The molecule has 0 aliphatic heterocycles.